The van der Waals surface area contributed by atoms with Crippen molar-refractivity contribution in [1.29, 1.82) is 0 Å². The average Bonchev–Trinajstić information content (AvgIpc) is 2.80. The van der Waals surface area contributed by atoms with Crippen LogP contribution in [0.5, 0.6) is 5.75 Å². The number of carboxylic acid groups (broad SMARTS) is 1. The van der Waals surface area contributed by atoms with Gasteiger partial charge in [-0.2, -0.15) is 0 Å². The minimum Gasteiger partial charge on any atom is -0.493 e. The molecule has 2 rings (SSSR count). The van der Waals surface area contributed by atoms with E-state index in [1.54, 1.807) is 0 Å². The number of hydrogen-bond acceptors (Lipinski definition) is 2. The van der Waals surface area contributed by atoms with Crippen molar-refractivity contribution in [1.82, 2.24) is 0 Å². The summed E-state index contributed by atoms with van der Waals surface area (Å²) in [4.78, 5) is 10.8. The van der Waals surface area contributed by atoms with Crippen LogP contribution in [0.25, 0.3) is 0 Å². The highest BCUT2D eigenvalue weighted by Crippen LogP contribution is 2.27. The van der Waals surface area contributed by atoms with Crippen molar-refractivity contribution < 1.29 is 14.6 Å². The maximum Gasteiger partial charge on any atom is 0.303 e. The molecule has 1 aliphatic rings. The molecule has 1 unspecified atom stereocenters. The van der Waals surface area contributed by atoms with E-state index in [4.69, 9.17) is 9.84 Å². The zero-order valence-corrected chi connectivity index (χ0v) is 11.7. The van der Waals surface area contributed by atoms with Gasteiger partial charge in [0.05, 0.1) is 13.0 Å². The second kappa shape index (κ2) is 6.09. The first-order valence-corrected chi connectivity index (χ1v) is 7.02. The summed E-state index contributed by atoms with van der Waals surface area (Å²) in [5, 5.41) is 8.90. The molecule has 0 amide bonds. The van der Waals surface area contributed by atoms with E-state index in [0.717, 1.165) is 12.2 Å². The summed E-state index contributed by atoms with van der Waals surface area (Å²) in [5.74, 6) is 0.490. The monoisotopic (exact) mass is 262 g/mol. The van der Waals surface area contributed by atoms with Gasteiger partial charge in [-0.1, -0.05) is 19.9 Å². The first-order chi connectivity index (χ1) is 9.06. The normalized spacial score (nSPS) is 15.3. The van der Waals surface area contributed by atoms with Gasteiger partial charge < -0.3 is 9.84 Å². The van der Waals surface area contributed by atoms with Crippen LogP contribution in [0.2, 0.25) is 0 Å². The highest BCUT2D eigenvalue weighted by Gasteiger charge is 2.18. The lowest BCUT2D eigenvalue weighted by atomic mass is 9.93. The molecule has 0 aliphatic heterocycles. The third kappa shape index (κ3) is 3.72. The van der Waals surface area contributed by atoms with E-state index in [9.17, 15) is 4.79 Å². The Morgan fingerprint density at radius 2 is 2.05 bits per heavy atom. The predicted molar refractivity (Wildman–Crippen MR) is 74.5 cm³/mol. The van der Waals surface area contributed by atoms with Crippen molar-refractivity contribution in [2.45, 2.75) is 39.5 Å². The molecule has 1 aromatic rings. The second-order valence-corrected chi connectivity index (χ2v) is 5.70. The number of carbonyl (C=O) groups is 1. The first-order valence-electron chi connectivity index (χ1n) is 7.02. The van der Waals surface area contributed by atoms with E-state index in [-0.39, 0.29) is 12.3 Å². The zero-order valence-electron chi connectivity index (χ0n) is 11.7. The Kier molecular flexibility index (Phi) is 4.46. The minimum absolute atomic E-state index is 0.0609. The Bertz CT molecular complexity index is 451. The fraction of sp³-hybridized carbons (Fsp3) is 0.562. The topological polar surface area (TPSA) is 46.5 Å². The predicted octanol–water partition coefficient (Wildman–Crippen LogP) is 3.30. The van der Waals surface area contributed by atoms with Crippen LogP contribution in [-0.2, 0) is 17.6 Å². The summed E-state index contributed by atoms with van der Waals surface area (Å²) in [7, 11) is 0. The summed E-state index contributed by atoms with van der Waals surface area (Å²) in [6.07, 6.45) is 3.70. The molecule has 0 saturated heterocycles. The van der Waals surface area contributed by atoms with Gasteiger partial charge in [-0.25, -0.2) is 0 Å². The maximum absolute atomic E-state index is 10.8. The summed E-state index contributed by atoms with van der Waals surface area (Å²) in [5.41, 5.74) is 2.81. The van der Waals surface area contributed by atoms with Gasteiger partial charge in [0.15, 0.2) is 0 Å². The number of carboxylic acids is 1. The van der Waals surface area contributed by atoms with E-state index in [1.165, 1.54) is 24.0 Å². The molecule has 104 valence electrons. The van der Waals surface area contributed by atoms with Gasteiger partial charge in [-0.05, 0) is 48.4 Å². The number of fused-ring (bicyclic) bond motifs is 1. The van der Waals surface area contributed by atoms with Gasteiger partial charge >= 0.3 is 5.97 Å². The number of ether oxygens (including phenoxy) is 1. The molecular weight excluding hydrogens is 240 g/mol. The van der Waals surface area contributed by atoms with Gasteiger partial charge in [0, 0.05) is 5.92 Å². The van der Waals surface area contributed by atoms with Gasteiger partial charge in [0.1, 0.15) is 5.75 Å². The van der Waals surface area contributed by atoms with Crippen molar-refractivity contribution in [2.24, 2.45) is 11.8 Å². The molecule has 0 spiro atoms. The van der Waals surface area contributed by atoms with Crippen LogP contribution >= 0.6 is 0 Å². The molecule has 3 nitrogen and oxygen atoms in total. The summed E-state index contributed by atoms with van der Waals surface area (Å²) in [6.45, 7) is 4.56. The molecule has 1 atom stereocenters. The van der Waals surface area contributed by atoms with Crippen LogP contribution in [0.1, 0.15) is 37.8 Å². The quantitative estimate of drug-likeness (QED) is 0.855. The van der Waals surface area contributed by atoms with Crippen LogP contribution in [0, 0.1) is 11.8 Å². The third-order valence-corrected chi connectivity index (χ3v) is 3.91. The Morgan fingerprint density at radius 1 is 1.32 bits per heavy atom. The van der Waals surface area contributed by atoms with E-state index >= 15 is 0 Å². The largest absolute Gasteiger partial charge is 0.493 e. The molecule has 19 heavy (non-hydrogen) atoms. The SMILES string of the molecule is CC(C)C(COc1ccc2c(c1)CCC2)CC(=O)O. The van der Waals surface area contributed by atoms with Crippen LogP contribution in [0.4, 0.5) is 0 Å². The Labute approximate surface area is 114 Å². The molecule has 0 fully saturated rings. The molecule has 0 heterocycles. The van der Waals surface area contributed by atoms with Crippen molar-refractivity contribution in [3.05, 3.63) is 29.3 Å². The van der Waals surface area contributed by atoms with Crippen molar-refractivity contribution in [3.63, 3.8) is 0 Å². The Balaban J connectivity index is 1.95. The Morgan fingerprint density at radius 3 is 2.74 bits per heavy atom. The van der Waals surface area contributed by atoms with E-state index in [0.29, 0.717) is 12.5 Å². The van der Waals surface area contributed by atoms with Gasteiger partial charge in [-0.15, -0.1) is 0 Å². The standard InChI is InChI=1S/C16H22O3/c1-11(2)14(9-16(17)18)10-19-15-7-6-12-4-3-5-13(12)8-15/h6-8,11,14H,3-5,9-10H2,1-2H3,(H,17,18). The summed E-state index contributed by atoms with van der Waals surface area (Å²) >= 11 is 0. The lowest BCUT2D eigenvalue weighted by Crippen LogP contribution is -2.21. The molecule has 0 aromatic heterocycles. The average molecular weight is 262 g/mol. The molecule has 0 bridgehead atoms. The third-order valence-electron chi connectivity index (χ3n) is 3.91. The van der Waals surface area contributed by atoms with Crippen molar-refractivity contribution in [3.8, 4) is 5.75 Å². The van der Waals surface area contributed by atoms with Crippen LogP contribution < -0.4 is 4.74 Å². The van der Waals surface area contributed by atoms with Gasteiger partial charge in [0.25, 0.3) is 0 Å². The lowest BCUT2D eigenvalue weighted by molar-refractivity contribution is -0.138. The lowest BCUT2D eigenvalue weighted by Gasteiger charge is -2.19. The van der Waals surface area contributed by atoms with Crippen molar-refractivity contribution >= 4 is 5.97 Å². The van der Waals surface area contributed by atoms with Crippen molar-refractivity contribution in [2.75, 3.05) is 6.61 Å². The number of aryl methyl sites for hydroxylation is 2. The van der Waals surface area contributed by atoms with Crippen LogP contribution in [-0.4, -0.2) is 17.7 Å². The fourth-order valence-electron chi connectivity index (χ4n) is 2.55. The highest BCUT2D eigenvalue weighted by atomic mass is 16.5. The number of hydrogen-bond donors (Lipinski definition) is 1. The molecule has 1 aliphatic carbocycles. The Hall–Kier alpha value is -1.51. The van der Waals surface area contributed by atoms with Gasteiger partial charge in [0.2, 0.25) is 0 Å². The highest BCUT2D eigenvalue weighted by molar-refractivity contribution is 5.67. The second-order valence-electron chi connectivity index (χ2n) is 5.70. The van der Waals surface area contributed by atoms with Crippen LogP contribution in [0.15, 0.2) is 18.2 Å². The van der Waals surface area contributed by atoms with E-state index in [1.807, 2.05) is 19.9 Å². The van der Waals surface area contributed by atoms with E-state index in [2.05, 4.69) is 12.1 Å². The number of benzene rings is 1. The smallest absolute Gasteiger partial charge is 0.303 e. The van der Waals surface area contributed by atoms with E-state index < -0.39 is 5.97 Å². The molecular formula is C16H22O3. The molecule has 0 saturated carbocycles. The maximum atomic E-state index is 10.8. The first kappa shape index (κ1) is 13.9. The molecule has 0 radical (unpaired) electrons. The molecule has 1 aromatic carbocycles. The summed E-state index contributed by atoms with van der Waals surface area (Å²) < 4.78 is 5.79. The van der Waals surface area contributed by atoms with Gasteiger partial charge in [-0.3, -0.25) is 4.79 Å². The summed E-state index contributed by atoms with van der Waals surface area (Å²) in [6, 6.07) is 6.25. The number of rotatable bonds is 6. The zero-order chi connectivity index (χ0) is 13.8. The number of aliphatic carboxylic acids is 1. The van der Waals surface area contributed by atoms with Crippen LogP contribution in [0.3, 0.4) is 0 Å². The molecule has 3 heteroatoms. The molecule has 1 N–H and O–H groups in total. The fourth-order valence-corrected chi connectivity index (χ4v) is 2.55. The minimum atomic E-state index is -0.753.